The number of ether oxygens (including phenoxy) is 2. The van der Waals surface area contributed by atoms with Gasteiger partial charge in [0, 0.05) is 17.8 Å². The average Bonchev–Trinajstić information content (AvgIpc) is 2.18. The summed E-state index contributed by atoms with van der Waals surface area (Å²) in [4.78, 5) is 3.98. The molecule has 0 N–H and O–H groups in total. The van der Waals surface area contributed by atoms with Crippen molar-refractivity contribution in [1.82, 2.24) is 4.98 Å². The van der Waals surface area contributed by atoms with Crippen molar-refractivity contribution in [2.75, 3.05) is 13.7 Å². The highest BCUT2D eigenvalue weighted by Crippen LogP contribution is 2.16. The van der Waals surface area contributed by atoms with Crippen LogP contribution in [0.1, 0.15) is 12.5 Å². The summed E-state index contributed by atoms with van der Waals surface area (Å²) in [5.41, 5.74) is 0.897. The molecule has 3 heteroatoms. The summed E-state index contributed by atoms with van der Waals surface area (Å²) in [5, 5.41) is 0. The van der Waals surface area contributed by atoms with E-state index in [4.69, 9.17) is 9.47 Å². The van der Waals surface area contributed by atoms with Crippen molar-refractivity contribution in [3.63, 3.8) is 0 Å². The van der Waals surface area contributed by atoms with Gasteiger partial charge >= 0.3 is 0 Å². The molecule has 3 nitrogen and oxygen atoms in total. The van der Waals surface area contributed by atoms with Crippen LogP contribution in [0.4, 0.5) is 0 Å². The fraction of sp³-hybridized carbons (Fsp3) is 0.300. The van der Waals surface area contributed by atoms with Gasteiger partial charge in [-0.3, -0.25) is 0 Å². The second kappa shape index (κ2) is 4.50. The van der Waals surface area contributed by atoms with E-state index >= 15 is 0 Å². The van der Waals surface area contributed by atoms with Crippen LogP contribution in [-0.4, -0.2) is 18.7 Å². The quantitative estimate of drug-likeness (QED) is 0.663. The zero-order valence-corrected chi connectivity index (χ0v) is 7.91. The molecule has 0 atom stereocenters. The van der Waals surface area contributed by atoms with Crippen molar-refractivity contribution in [2.45, 2.75) is 6.92 Å². The van der Waals surface area contributed by atoms with Crippen LogP contribution in [0.3, 0.4) is 0 Å². The van der Waals surface area contributed by atoms with Gasteiger partial charge in [-0.25, -0.2) is 4.98 Å². The monoisotopic (exact) mass is 179 g/mol. The Balaban J connectivity index is 2.82. The minimum Gasteiger partial charge on any atom is -0.494 e. The lowest BCUT2D eigenvalue weighted by Gasteiger charge is -2.07. The van der Waals surface area contributed by atoms with Gasteiger partial charge in [0.25, 0.3) is 0 Å². The van der Waals surface area contributed by atoms with Gasteiger partial charge in [-0.1, -0.05) is 6.58 Å². The molecule has 0 aromatic carbocycles. The Labute approximate surface area is 78.0 Å². The number of hydrogen-bond acceptors (Lipinski definition) is 3. The topological polar surface area (TPSA) is 31.4 Å². The number of pyridine rings is 1. The first-order chi connectivity index (χ1) is 6.27. The lowest BCUT2D eigenvalue weighted by molar-refractivity contribution is 0.298. The molecular formula is C10H13NO2. The van der Waals surface area contributed by atoms with E-state index in [-0.39, 0.29) is 0 Å². The number of hydrogen-bond donors (Lipinski definition) is 0. The Hall–Kier alpha value is -1.51. The van der Waals surface area contributed by atoms with Crippen molar-refractivity contribution in [3.8, 4) is 5.88 Å². The molecule has 1 rings (SSSR count). The first-order valence-corrected chi connectivity index (χ1v) is 4.10. The molecule has 70 valence electrons. The lowest BCUT2D eigenvalue weighted by atomic mass is 10.2. The number of methoxy groups -OCH3 is 1. The van der Waals surface area contributed by atoms with Crippen molar-refractivity contribution in [1.29, 1.82) is 0 Å². The maximum Gasteiger partial charge on any atom is 0.213 e. The fourth-order valence-electron chi connectivity index (χ4n) is 0.952. The minimum atomic E-state index is 0.568. The third-order valence-electron chi connectivity index (χ3n) is 1.58. The van der Waals surface area contributed by atoms with E-state index in [1.165, 1.54) is 0 Å². The summed E-state index contributed by atoms with van der Waals surface area (Å²) in [5.74, 6) is 1.21. The average molecular weight is 179 g/mol. The van der Waals surface area contributed by atoms with E-state index in [0.29, 0.717) is 18.2 Å². The Kier molecular flexibility index (Phi) is 3.31. The predicted molar refractivity (Wildman–Crippen MR) is 51.4 cm³/mol. The van der Waals surface area contributed by atoms with Gasteiger partial charge in [0.1, 0.15) is 5.76 Å². The fourth-order valence-corrected chi connectivity index (χ4v) is 0.952. The molecule has 0 saturated heterocycles. The highest BCUT2D eigenvalue weighted by Gasteiger charge is 2.00. The molecule has 0 aliphatic rings. The van der Waals surface area contributed by atoms with E-state index in [0.717, 1.165) is 5.56 Å². The van der Waals surface area contributed by atoms with Crippen LogP contribution >= 0.6 is 0 Å². The van der Waals surface area contributed by atoms with Crippen LogP contribution in [0.25, 0.3) is 5.76 Å². The third-order valence-corrected chi connectivity index (χ3v) is 1.58. The summed E-state index contributed by atoms with van der Waals surface area (Å²) in [6, 6.07) is 3.62. The molecule has 0 spiro atoms. The van der Waals surface area contributed by atoms with Gasteiger partial charge < -0.3 is 9.47 Å². The van der Waals surface area contributed by atoms with E-state index in [1.807, 2.05) is 13.0 Å². The Bertz CT molecular complexity index is 297. The molecule has 0 radical (unpaired) electrons. The summed E-state index contributed by atoms with van der Waals surface area (Å²) >= 11 is 0. The molecule has 0 unspecified atom stereocenters. The highest BCUT2D eigenvalue weighted by atomic mass is 16.5. The van der Waals surface area contributed by atoms with E-state index in [2.05, 4.69) is 11.6 Å². The molecule has 0 amide bonds. The van der Waals surface area contributed by atoms with E-state index < -0.39 is 0 Å². The van der Waals surface area contributed by atoms with Crippen LogP contribution in [0, 0.1) is 0 Å². The smallest absolute Gasteiger partial charge is 0.213 e. The Morgan fingerprint density at radius 1 is 1.62 bits per heavy atom. The molecule has 0 saturated carbocycles. The predicted octanol–water partition coefficient (Wildman–Crippen LogP) is 2.10. The van der Waals surface area contributed by atoms with Gasteiger partial charge in [0.15, 0.2) is 0 Å². The van der Waals surface area contributed by atoms with E-state index in [9.17, 15) is 0 Å². The number of aromatic nitrogens is 1. The molecule has 1 aromatic rings. The molecule has 1 heterocycles. The lowest BCUT2D eigenvalue weighted by Crippen LogP contribution is -1.92. The summed E-state index contributed by atoms with van der Waals surface area (Å²) in [6.45, 7) is 6.32. The molecular weight excluding hydrogens is 166 g/mol. The van der Waals surface area contributed by atoms with Crippen LogP contribution in [0.15, 0.2) is 24.9 Å². The summed E-state index contributed by atoms with van der Waals surface area (Å²) < 4.78 is 10.2. The maximum absolute atomic E-state index is 5.25. The minimum absolute atomic E-state index is 0.568. The van der Waals surface area contributed by atoms with Crippen LogP contribution in [0.5, 0.6) is 5.88 Å². The van der Waals surface area contributed by atoms with Gasteiger partial charge in [0.2, 0.25) is 5.88 Å². The third kappa shape index (κ3) is 2.47. The zero-order chi connectivity index (χ0) is 9.68. The number of nitrogens with zero attached hydrogens (tertiary/aromatic N) is 1. The van der Waals surface area contributed by atoms with Crippen molar-refractivity contribution >= 4 is 5.76 Å². The molecule has 1 aromatic heterocycles. The first kappa shape index (κ1) is 9.58. The number of rotatable bonds is 4. The molecule has 0 bridgehead atoms. The highest BCUT2D eigenvalue weighted by molar-refractivity contribution is 5.57. The molecule has 0 aliphatic carbocycles. The SMILES string of the molecule is C=C(OCC)c1ccnc(OC)c1. The second-order valence-electron chi connectivity index (χ2n) is 2.44. The molecule has 13 heavy (non-hydrogen) atoms. The van der Waals surface area contributed by atoms with Crippen LogP contribution in [-0.2, 0) is 4.74 Å². The van der Waals surface area contributed by atoms with Gasteiger partial charge in [0.05, 0.1) is 13.7 Å². The van der Waals surface area contributed by atoms with Crippen LogP contribution < -0.4 is 4.74 Å². The largest absolute Gasteiger partial charge is 0.494 e. The standard InChI is InChI=1S/C10H13NO2/c1-4-13-8(2)9-5-6-11-10(7-9)12-3/h5-7H,2,4H2,1,3H3. The summed E-state index contributed by atoms with van der Waals surface area (Å²) in [7, 11) is 1.58. The Morgan fingerprint density at radius 3 is 3.00 bits per heavy atom. The van der Waals surface area contributed by atoms with Crippen molar-refractivity contribution in [3.05, 3.63) is 30.5 Å². The van der Waals surface area contributed by atoms with Gasteiger partial charge in [-0.2, -0.15) is 0 Å². The van der Waals surface area contributed by atoms with E-state index in [1.54, 1.807) is 19.4 Å². The first-order valence-electron chi connectivity index (χ1n) is 4.10. The van der Waals surface area contributed by atoms with Gasteiger partial charge in [-0.05, 0) is 13.0 Å². The normalized spacial score (nSPS) is 9.38. The summed E-state index contributed by atoms with van der Waals surface area (Å²) in [6.07, 6.45) is 1.67. The zero-order valence-electron chi connectivity index (χ0n) is 7.91. The Morgan fingerprint density at radius 2 is 2.38 bits per heavy atom. The molecule has 0 aliphatic heterocycles. The second-order valence-corrected chi connectivity index (χ2v) is 2.44. The van der Waals surface area contributed by atoms with Crippen molar-refractivity contribution in [2.24, 2.45) is 0 Å². The maximum atomic E-state index is 5.25. The van der Waals surface area contributed by atoms with Crippen LogP contribution in [0.2, 0.25) is 0 Å². The van der Waals surface area contributed by atoms with Gasteiger partial charge in [-0.15, -0.1) is 0 Å². The molecule has 0 fully saturated rings. The van der Waals surface area contributed by atoms with Crippen molar-refractivity contribution < 1.29 is 9.47 Å².